The SMILES string of the molecule is CC(CO)NCc1c[nH]c2ccccc12. The van der Waals surface area contributed by atoms with Crippen molar-refractivity contribution in [1.29, 1.82) is 0 Å². The fourth-order valence-electron chi connectivity index (χ4n) is 1.63. The van der Waals surface area contributed by atoms with Gasteiger partial charge in [-0.25, -0.2) is 0 Å². The van der Waals surface area contributed by atoms with Crippen LogP contribution in [0.4, 0.5) is 0 Å². The minimum absolute atomic E-state index is 0.138. The van der Waals surface area contributed by atoms with Crippen molar-refractivity contribution in [3.8, 4) is 0 Å². The molecule has 0 bridgehead atoms. The zero-order chi connectivity index (χ0) is 10.7. The van der Waals surface area contributed by atoms with E-state index in [0.717, 1.165) is 12.1 Å². The van der Waals surface area contributed by atoms with Gasteiger partial charge in [0, 0.05) is 29.7 Å². The highest BCUT2D eigenvalue weighted by Gasteiger charge is 2.04. The highest BCUT2D eigenvalue weighted by Crippen LogP contribution is 2.17. The van der Waals surface area contributed by atoms with Crippen molar-refractivity contribution in [2.75, 3.05) is 6.61 Å². The Labute approximate surface area is 89.1 Å². The highest BCUT2D eigenvalue weighted by atomic mass is 16.3. The molecular weight excluding hydrogens is 188 g/mol. The van der Waals surface area contributed by atoms with Crippen LogP contribution in [-0.2, 0) is 6.54 Å². The molecule has 80 valence electrons. The number of nitrogens with one attached hydrogen (secondary N) is 2. The molecule has 0 saturated carbocycles. The fraction of sp³-hybridized carbons (Fsp3) is 0.333. The standard InChI is InChI=1S/C12H16N2O/c1-9(8-15)13-6-10-7-14-12-5-3-2-4-11(10)12/h2-5,7,9,13-15H,6,8H2,1H3. The molecule has 1 heterocycles. The van der Waals surface area contributed by atoms with Crippen LogP contribution in [0.25, 0.3) is 10.9 Å². The molecule has 1 aromatic carbocycles. The summed E-state index contributed by atoms with van der Waals surface area (Å²) in [5.41, 5.74) is 2.40. The number of aromatic amines is 1. The molecule has 0 fully saturated rings. The fourth-order valence-corrected chi connectivity index (χ4v) is 1.63. The average molecular weight is 204 g/mol. The average Bonchev–Trinajstić information content (AvgIpc) is 2.69. The van der Waals surface area contributed by atoms with Crippen LogP contribution in [0.3, 0.4) is 0 Å². The van der Waals surface area contributed by atoms with E-state index in [0.29, 0.717) is 0 Å². The molecule has 1 aromatic heterocycles. The van der Waals surface area contributed by atoms with Gasteiger partial charge in [-0.2, -0.15) is 0 Å². The van der Waals surface area contributed by atoms with Gasteiger partial charge in [0.2, 0.25) is 0 Å². The number of aromatic nitrogens is 1. The maximum Gasteiger partial charge on any atom is 0.0582 e. The van der Waals surface area contributed by atoms with E-state index in [-0.39, 0.29) is 12.6 Å². The van der Waals surface area contributed by atoms with Crippen LogP contribution < -0.4 is 5.32 Å². The van der Waals surface area contributed by atoms with E-state index in [4.69, 9.17) is 5.11 Å². The van der Waals surface area contributed by atoms with Crippen LogP contribution in [0.1, 0.15) is 12.5 Å². The smallest absolute Gasteiger partial charge is 0.0582 e. The van der Waals surface area contributed by atoms with Crippen molar-refractivity contribution in [2.45, 2.75) is 19.5 Å². The molecule has 2 rings (SSSR count). The summed E-state index contributed by atoms with van der Waals surface area (Å²) in [6.45, 7) is 2.92. The van der Waals surface area contributed by atoms with Crippen molar-refractivity contribution < 1.29 is 5.11 Å². The van der Waals surface area contributed by atoms with Gasteiger partial charge in [0.1, 0.15) is 0 Å². The van der Waals surface area contributed by atoms with Gasteiger partial charge in [0.15, 0.2) is 0 Å². The van der Waals surface area contributed by atoms with Crippen molar-refractivity contribution in [3.63, 3.8) is 0 Å². The number of hydrogen-bond acceptors (Lipinski definition) is 2. The number of fused-ring (bicyclic) bond motifs is 1. The molecule has 0 radical (unpaired) electrons. The maximum absolute atomic E-state index is 8.91. The first-order valence-corrected chi connectivity index (χ1v) is 5.20. The summed E-state index contributed by atoms with van der Waals surface area (Å²) < 4.78 is 0. The zero-order valence-corrected chi connectivity index (χ0v) is 8.83. The molecule has 0 aliphatic rings. The second-order valence-corrected chi connectivity index (χ2v) is 3.82. The molecule has 3 nitrogen and oxygen atoms in total. The predicted molar refractivity (Wildman–Crippen MR) is 61.7 cm³/mol. The minimum atomic E-state index is 0.138. The molecule has 0 aliphatic carbocycles. The lowest BCUT2D eigenvalue weighted by Gasteiger charge is -2.09. The number of rotatable bonds is 4. The van der Waals surface area contributed by atoms with Crippen LogP contribution in [0.2, 0.25) is 0 Å². The first-order chi connectivity index (χ1) is 7.31. The van der Waals surface area contributed by atoms with E-state index in [1.807, 2.05) is 25.3 Å². The van der Waals surface area contributed by atoms with E-state index >= 15 is 0 Å². The van der Waals surface area contributed by atoms with Gasteiger partial charge in [0.25, 0.3) is 0 Å². The number of H-pyrrole nitrogens is 1. The van der Waals surface area contributed by atoms with Gasteiger partial charge in [-0.3, -0.25) is 0 Å². The second-order valence-electron chi connectivity index (χ2n) is 3.82. The third-order valence-corrected chi connectivity index (χ3v) is 2.59. The third kappa shape index (κ3) is 2.19. The number of aliphatic hydroxyl groups excluding tert-OH is 1. The normalized spacial score (nSPS) is 13.2. The molecule has 0 saturated heterocycles. The monoisotopic (exact) mass is 204 g/mol. The second kappa shape index (κ2) is 4.47. The van der Waals surface area contributed by atoms with Crippen molar-refractivity contribution in [2.24, 2.45) is 0 Å². The first-order valence-electron chi connectivity index (χ1n) is 5.20. The quantitative estimate of drug-likeness (QED) is 0.709. The molecule has 0 amide bonds. The Kier molecular flexibility index (Phi) is 3.04. The Morgan fingerprint density at radius 3 is 3.00 bits per heavy atom. The van der Waals surface area contributed by atoms with E-state index < -0.39 is 0 Å². The minimum Gasteiger partial charge on any atom is -0.395 e. The van der Waals surface area contributed by atoms with E-state index in [1.165, 1.54) is 10.9 Å². The number of benzene rings is 1. The van der Waals surface area contributed by atoms with Crippen LogP contribution in [0, 0.1) is 0 Å². The van der Waals surface area contributed by atoms with Crippen molar-refractivity contribution in [1.82, 2.24) is 10.3 Å². The Hall–Kier alpha value is -1.32. The van der Waals surface area contributed by atoms with E-state index in [1.54, 1.807) is 0 Å². The summed E-state index contributed by atoms with van der Waals surface area (Å²) in [6, 6.07) is 8.36. The van der Waals surface area contributed by atoms with Gasteiger partial charge in [-0.15, -0.1) is 0 Å². The van der Waals surface area contributed by atoms with Crippen molar-refractivity contribution >= 4 is 10.9 Å². The molecule has 1 unspecified atom stereocenters. The third-order valence-electron chi connectivity index (χ3n) is 2.59. The lowest BCUT2D eigenvalue weighted by Crippen LogP contribution is -2.28. The number of para-hydroxylation sites is 1. The summed E-state index contributed by atoms with van der Waals surface area (Å²) in [7, 11) is 0. The molecule has 15 heavy (non-hydrogen) atoms. The Morgan fingerprint density at radius 2 is 2.20 bits per heavy atom. The topological polar surface area (TPSA) is 48.0 Å². The van der Waals surface area contributed by atoms with E-state index in [9.17, 15) is 0 Å². The highest BCUT2D eigenvalue weighted by molar-refractivity contribution is 5.82. The lowest BCUT2D eigenvalue weighted by atomic mass is 10.1. The van der Waals surface area contributed by atoms with Gasteiger partial charge in [-0.1, -0.05) is 18.2 Å². The Morgan fingerprint density at radius 1 is 1.40 bits per heavy atom. The summed E-state index contributed by atoms with van der Waals surface area (Å²) in [5.74, 6) is 0. The molecular formula is C12H16N2O. The number of aliphatic hydroxyl groups is 1. The molecule has 3 heteroatoms. The zero-order valence-electron chi connectivity index (χ0n) is 8.83. The van der Waals surface area contributed by atoms with Crippen LogP contribution >= 0.6 is 0 Å². The predicted octanol–water partition coefficient (Wildman–Crippen LogP) is 1.64. The van der Waals surface area contributed by atoms with Crippen LogP contribution in [-0.4, -0.2) is 22.7 Å². The lowest BCUT2D eigenvalue weighted by molar-refractivity contribution is 0.251. The Balaban J connectivity index is 2.14. The van der Waals surface area contributed by atoms with Gasteiger partial charge in [-0.05, 0) is 18.6 Å². The Bertz CT molecular complexity index is 436. The van der Waals surface area contributed by atoms with Crippen LogP contribution in [0.5, 0.6) is 0 Å². The molecule has 0 aliphatic heterocycles. The van der Waals surface area contributed by atoms with Gasteiger partial charge < -0.3 is 15.4 Å². The summed E-state index contributed by atoms with van der Waals surface area (Å²) in [6.07, 6.45) is 2.02. The maximum atomic E-state index is 8.91. The number of hydrogen-bond donors (Lipinski definition) is 3. The van der Waals surface area contributed by atoms with Crippen molar-refractivity contribution in [3.05, 3.63) is 36.0 Å². The summed E-state index contributed by atoms with van der Waals surface area (Å²) in [5, 5.41) is 13.4. The summed E-state index contributed by atoms with van der Waals surface area (Å²) >= 11 is 0. The van der Waals surface area contributed by atoms with Crippen LogP contribution in [0.15, 0.2) is 30.5 Å². The van der Waals surface area contributed by atoms with Gasteiger partial charge in [0.05, 0.1) is 6.61 Å². The van der Waals surface area contributed by atoms with Gasteiger partial charge >= 0.3 is 0 Å². The largest absolute Gasteiger partial charge is 0.395 e. The molecule has 2 aromatic rings. The molecule has 0 spiro atoms. The first kappa shape index (κ1) is 10.2. The molecule has 1 atom stereocenters. The molecule has 3 N–H and O–H groups in total. The summed E-state index contributed by atoms with van der Waals surface area (Å²) in [4.78, 5) is 3.23. The van der Waals surface area contributed by atoms with E-state index in [2.05, 4.69) is 22.4 Å².